The first-order chi connectivity index (χ1) is 14.6. The molecule has 2 N–H and O–H groups in total. The fourth-order valence-corrected chi connectivity index (χ4v) is 3.89. The Bertz CT molecular complexity index is 822. The van der Waals surface area contributed by atoms with E-state index >= 15 is 0 Å². The number of hydrogen-bond donors (Lipinski definition) is 2. The highest BCUT2D eigenvalue weighted by Crippen LogP contribution is 2.41. The molecule has 0 bridgehead atoms. The van der Waals surface area contributed by atoms with Crippen molar-refractivity contribution in [2.45, 2.75) is 69.6 Å². The lowest BCUT2D eigenvalue weighted by molar-refractivity contribution is -0.137. The van der Waals surface area contributed by atoms with Crippen LogP contribution in [0.5, 0.6) is 6.01 Å². The summed E-state index contributed by atoms with van der Waals surface area (Å²) in [6, 6.07) is 4.61. The van der Waals surface area contributed by atoms with Crippen LogP contribution in [0.25, 0.3) is 0 Å². The van der Waals surface area contributed by atoms with E-state index in [0.717, 1.165) is 49.9 Å². The Hall–Kier alpha value is -2.70. The van der Waals surface area contributed by atoms with E-state index in [1.54, 1.807) is 12.4 Å². The standard InChI is InChI=1S/C23H32N4O3/c1-24-21-12-11-19(16-9-10-16)20(27-21)8-6-4-3-5-7-17(13-22(28)29)18-14-25-23(30-2)26-15-18/h11-12,14-17H,3-10,13H2,1-2H3,(H,24,27)(H,28,29). The van der Waals surface area contributed by atoms with E-state index in [4.69, 9.17) is 9.72 Å². The Morgan fingerprint density at radius 1 is 1.20 bits per heavy atom. The van der Waals surface area contributed by atoms with Gasteiger partial charge in [-0.3, -0.25) is 4.79 Å². The number of carboxylic acids is 1. The van der Waals surface area contributed by atoms with Crippen LogP contribution < -0.4 is 10.1 Å². The Balaban J connectivity index is 1.45. The summed E-state index contributed by atoms with van der Waals surface area (Å²) in [7, 11) is 3.42. The highest BCUT2D eigenvalue weighted by atomic mass is 16.5. The van der Waals surface area contributed by atoms with Gasteiger partial charge in [0.05, 0.1) is 13.5 Å². The quantitative estimate of drug-likeness (QED) is 0.466. The summed E-state index contributed by atoms with van der Waals surface area (Å²) in [6.45, 7) is 0. The predicted molar refractivity (Wildman–Crippen MR) is 116 cm³/mol. The second kappa shape index (κ2) is 10.9. The van der Waals surface area contributed by atoms with Gasteiger partial charge in [0.15, 0.2) is 0 Å². The molecule has 0 radical (unpaired) electrons. The van der Waals surface area contributed by atoms with Gasteiger partial charge in [0.1, 0.15) is 5.82 Å². The topological polar surface area (TPSA) is 97.2 Å². The van der Waals surface area contributed by atoms with E-state index in [2.05, 4.69) is 27.4 Å². The summed E-state index contributed by atoms with van der Waals surface area (Å²) in [5.74, 6) is 0.789. The summed E-state index contributed by atoms with van der Waals surface area (Å²) >= 11 is 0. The molecule has 2 aromatic heterocycles. The van der Waals surface area contributed by atoms with Crippen LogP contribution in [-0.4, -0.2) is 40.2 Å². The molecule has 162 valence electrons. The number of aryl methyl sites for hydroxylation is 1. The maximum atomic E-state index is 11.3. The Morgan fingerprint density at radius 3 is 2.57 bits per heavy atom. The van der Waals surface area contributed by atoms with Crippen molar-refractivity contribution in [3.8, 4) is 6.01 Å². The minimum atomic E-state index is -0.793. The van der Waals surface area contributed by atoms with Crippen molar-refractivity contribution in [1.29, 1.82) is 0 Å². The SMILES string of the molecule is CNc1ccc(C2CC2)c(CCCCCCC(CC(=O)O)c2cnc(OC)nc2)n1. The number of hydrogen-bond acceptors (Lipinski definition) is 6. The molecule has 1 saturated carbocycles. The summed E-state index contributed by atoms with van der Waals surface area (Å²) in [4.78, 5) is 24.3. The average Bonchev–Trinajstić information content (AvgIpc) is 3.60. The Morgan fingerprint density at radius 2 is 1.93 bits per heavy atom. The van der Waals surface area contributed by atoms with Crippen LogP contribution in [0.1, 0.15) is 80.0 Å². The van der Waals surface area contributed by atoms with Crippen molar-refractivity contribution < 1.29 is 14.6 Å². The number of anilines is 1. The number of carbonyl (C=O) groups is 1. The third-order valence-electron chi connectivity index (χ3n) is 5.72. The van der Waals surface area contributed by atoms with Gasteiger partial charge in [0.25, 0.3) is 0 Å². The zero-order valence-electron chi connectivity index (χ0n) is 17.9. The second-order valence-corrected chi connectivity index (χ2v) is 8.01. The average molecular weight is 413 g/mol. The van der Waals surface area contributed by atoms with Crippen molar-refractivity contribution in [1.82, 2.24) is 15.0 Å². The molecular formula is C23H32N4O3. The van der Waals surface area contributed by atoms with Crippen molar-refractivity contribution in [2.24, 2.45) is 0 Å². The van der Waals surface area contributed by atoms with Crippen molar-refractivity contribution in [3.05, 3.63) is 41.3 Å². The molecule has 0 aromatic carbocycles. The van der Waals surface area contributed by atoms with Gasteiger partial charge in [-0.2, -0.15) is 0 Å². The zero-order chi connectivity index (χ0) is 21.3. The van der Waals surface area contributed by atoms with Crippen LogP contribution in [0.15, 0.2) is 24.5 Å². The maximum Gasteiger partial charge on any atom is 0.316 e. The number of unbranched alkanes of at least 4 members (excludes halogenated alkanes) is 3. The number of aromatic nitrogens is 3. The molecule has 0 amide bonds. The molecule has 1 fully saturated rings. The van der Waals surface area contributed by atoms with Gasteiger partial charge in [-0.25, -0.2) is 15.0 Å². The van der Waals surface area contributed by atoms with Gasteiger partial charge in [-0.15, -0.1) is 0 Å². The lowest BCUT2D eigenvalue weighted by atomic mass is 9.92. The molecule has 0 saturated heterocycles. The summed E-state index contributed by atoms with van der Waals surface area (Å²) < 4.78 is 4.99. The third kappa shape index (κ3) is 6.40. The molecule has 1 aliphatic rings. The number of pyridine rings is 1. The number of carboxylic acid groups (broad SMARTS) is 1. The van der Waals surface area contributed by atoms with E-state index in [-0.39, 0.29) is 12.3 Å². The molecule has 7 nitrogen and oxygen atoms in total. The molecule has 2 heterocycles. The molecular weight excluding hydrogens is 380 g/mol. The number of nitrogens with zero attached hydrogens (tertiary/aromatic N) is 3. The van der Waals surface area contributed by atoms with Crippen molar-refractivity contribution in [3.63, 3.8) is 0 Å². The third-order valence-corrected chi connectivity index (χ3v) is 5.72. The van der Waals surface area contributed by atoms with Gasteiger partial charge < -0.3 is 15.2 Å². The lowest BCUT2D eigenvalue weighted by Crippen LogP contribution is -2.08. The lowest BCUT2D eigenvalue weighted by Gasteiger charge is -2.15. The molecule has 0 aliphatic heterocycles. The first-order valence-corrected chi connectivity index (χ1v) is 10.9. The normalized spacial score (nSPS) is 14.3. The molecule has 1 aliphatic carbocycles. The highest BCUT2D eigenvalue weighted by Gasteiger charge is 2.26. The van der Waals surface area contributed by atoms with E-state index < -0.39 is 5.97 Å². The van der Waals surface area contributed by atoms with Gasteiger partial charge in [-0.05, 0) is 61.1 Å². The number of methoxy groups -OCH3 is 1. The summed E-state index contributed by atoms with van der Waals surface area (Å²) in [6.07, 6.45) is 12.2. The summed E-state index contributed by atoms with van der Waals surface area (Å²) in [5.41, 5.74) is 3.53. The molecule has 1 atom stereocenters. The zero-order valence-corrected chi connectivity index (χ0v) is 17.9. The first-order valence-electron chi connectivity index (χ1n) is 10.9. The van der Waals surface area contributed by atoms with Crippen LogP contribution in [0, 0.1) is 0 Å². The molecule has 1 unspecified atom stereocenters. The monoisotopic (exact) mass is 412 g/mol. The van der Waals surface area contributed by atoms with Crippen LogP contribution >= 0.6 is 0 Å². The first kappa shape index (κ1) is 22.0. The second-order valence-electron chi connectivity index (χ2n) is 8.01. The molecule has 7 heteroatoms. The van der Waals surface area contributed by atoms with Gasteiger partial charge in [-0.1, -0.05) is 25.3 Å². The Labute approximate surface area is 178 Å². The highest BCUT2D eigenvalue weighted by molar-refractivity contribution is 5.68. The molecule has 2 aromatic rings. The van der Waals surface area contributed by atoms with E-state index in [1.807, 2.05) is 7.05 Å². The van der Waals surface area contributed by atoms with Gasteiger partial charge >= 0.3 is 12.0 Å². The predicted octanol–water partition coefficient (Wildman–Crippen LogP) is 4.55. The molecule has 0 spiro atoms. The number of nitrogens with one attached hydrogen (secondary N) is 1. The number of aliphatic carboxylic acids is 1. The summed E-state index contributed by atoms with van der Waals surface area (Å²) in [5, 5.41) is 12.4. The number of ether oxygens (including phenoxy) is 1. The molecule has 30 heavy (non-hydrogen) atoms. The van der Waals surface area contributed by atoms with E-state index in [9.17, 15) is 9.90 Å². The van der Waals surface area contributed by atoms with Crippen molar-refractivity contribution in [2.75, 3.05) is 19.5 Å². The van der Waals surface area contributed by atoms with E-state index in [0.29, 0.717) is 11.9 Å². The smallest absolute Gasteiger partial charge is 0.316 e. The van der Waals surface area contributed by atoms with E-state index in [1.165, 1.54) is 31.2 Å². The number of rotatable bonds is 13. The van der Waals surface area contributed by atoms with Crippen LogP contribution in [-0.2, 0) is 11.2 Å². The fourth-order valence-electron chi connectivity index (χ4n) is 3.89. The van der Waals surface area contributed by atoms with Crippen LogP contribution in [0.4, 0.5) is 5.82 Å². The van der Waals surface area contributed by atoms with Crippen LogP contribution in [0.2, 0.25) is 0 Å². The maximum absolute atomic E-state index is 11.3. The van der Waals surface area contributed by atoms with Crippen LogP contribution in [0.3, 0.4) is 0 Å². The van der Waals surface area contributed by atoms with Crippen molar-refractivity contribution >= 4 is 11.8 Å². The molecule has 3 rings (SSSR count). The minimum Gasteiger partial charge on any atom is -0.481 e. The minimum absolute atomic E-state index is 0.0659. The van der Waals surface area contributed by atoms with Gasteiger partial charge in [0, 0.05) is 25.1 Å². The fraction of sp³-hybridized carbons (Fsp3) is 0.565. The largest absolute Gasteiger partial charge is 0.481 e. The van der Waals surface area contributed by atoms with Gasteiger partial charge in [0.2, 0.25) is 0 Å². The Kier molecular flexibility index (Phi) is 7.99.